The minimum atomic E-state index is -1.83. The predicted molar refractivity (Wildman–Crippen MR) is 21.3 cm³/mol. The highest BCUT2D eigenvalue weighted by molar-refractivity contribution is 5.72. The van der Waals surface area contributed by atoms with Gasteiger partial charge in [-0.15, -0.1) is 0 Å². The van der Waals surface area contributed by atoms with Crippen LogP contribution in [0.25, 0.3) is 0 Å². The topological polar surface area (TPSA) is 63.3 Å². The second kappa shape index (κ2) is 1.77. The van der Waals surface area contributed by atoms with Crippen molar-refractivity contribution in [2.24, 2.45) is 5.73 Å². The smallest absolute Gasteiger partial charge is 0.320 e. The first kappa shape index (κ1) is 3.61. The molecule has 0 aromatic heterocycles. The summed E-state index contributed by atoms with van der Waals surface area (Å²) in [6.07, 6.45) is 0. The number of carboxylic acids is 1. The number of rotatable bonds is 1. The molecule has 0 fully saturated rings. The number of hydrogen-bond donors (Lipinski definition) is 2. The fraction of sp³-hybridized carbons (Fsp3) is 0.667. The average Bonchev–Trinajstić information content (AvgIpc) is 1.31. The van der Waals surface area contributed by atoms with Crippen LogP contribution in [0.2, 0.25) is 0 Å². The van der Waals surface area contributed by atoms with E-state index in [9.17, 15) is 4.79 Å². The van der Waals surface area contributed by atoms with Gasteiger partial charge in [0, 0.05) is 0 Å². The SMILES string of the molecule is [2H][C@]([13CH3])(N)C(=O)O. The predicted octanol–water partition coefficient (Wildman–Crippen LogP) is -0.582. The van der Waals surface area contributed by atoms with E-state index >= 15 is 0 Å². The van der Waals surface area contributed by atoms with E-state index in [-0.39, 0.29) is 0 Å². The highest BCUT2D eigenvalue weighted by atomic mass is 16.4. The first-order valence-corrected chi connectivity index (χ1v) is 1.47. The maximum atomic E-state index is 9.71. The average molecular weight is 91.1 g/mol. The van der Waals surface area contributed by atoms with Gasteiger partial charge in [-0.25, -0.2) is 0 Å². The maximum Gasteiger partial charge on any atom is 0.320 e. The van der Waals surface area contributed by atoms with Crippen molar-refractivity contribution in [3.8, 4) is 0 Å². The summed E-state index contributed by atoms with van der Waals surface area (Å²) in [6.45, 7) is 1.11. The van der Waals surface area contributed by atoms with E-state index < -0.39 is 12.0 Å². The van der Waals surface area contributed by atoms with Gasteiger partial charge >= 0.3 is 5.97 Å². The van der Waals surface area contributed by atoms with Gasteiger partial charge in [0.15, 0.2) is 0 Å². The Bertz CT molecular complexity index is 85.4. The van der Waals surface area contributed by atoms with Crippen LogP contribution in [0.15, 0.2) is 0 Å². The van der Waals surface area contributed by atoms with Gasteiger partial charge in [-0.3, -0.25) is 4.79 Å². The Morgan fingerprint density at radius 1 is 2.33 bits per heavy atom. The van der Waals surface area contributed by atoms with E-state index in [4.69, 9.17) is 12.2 Å². The van der Waals surface area contributed by atoms with Crippen LogP contribution in [-0.2, 0) is 4.79 Å². The summed E-state index contributed by atoms with van der Waals surface area (Å²) in [5.41, 5.74) is 4.75. The summed E-state index contributed by atoms with van der Waals surface area (Å²) in [4.78, 5) is 9.71. The molecule has 6 heavy (non-hydrogen) atoms. The Hall–Kier alpha value is -0.570. The minimum absolute atomic E-state index is 1.11. The van der Waals surface area contributed by atoms with Crippen molar-refractivity contribution in [3.63, 3.8) is 0 Å². The van der Waals surface area contributed by atoms with Crippen molar-refractivity contribution in [1.82, 2.24) is 0 Å². The van der Waals surface area contributed by atoms with Crippen LogP contribution in [0.4, 0.5) is 0 Å². The van der Waals surface area contributed by atoms with Crippen molar-refractivity contribution < 1.29 is 11.3 Å². The van der Waals surface area contributed by atoms with Crippen LogP contribution in [0.5, 0.6) is 0 Å². The van der Waals surface area contributed by atoms with E-state index in [0.29, 0.717) is 0 Å². The van der Waals surface area contributed by atoms with Crippen LogP contribution in [0.1, 0.15) is 8.29 Å². The summed E-state index contributed by atoms with van der Waals surface area (Å²) in [6, 6.07) is -1.83. The molecular formula is C3H7NO2. The first-order valence-electron chi connectivity index (χ1n) is 1.97. The van der Waals surface area contributed by atoms with Gasteiger partial charge < -0.3 is 10.8 Å². The third-order valence-electron chi connectivity index (χ3n) is 0.337. The van der Waals surface area contributed by atoms with Gasteiger partial charge in [-0.05, 0) is 6.92 Å². The molecule has 0 heterocycles. The van der Waals surface area contributed by atoms with Gasteiger partial charge in [-0.2, -0.15) is 0 Å². The van der Waals surface area contributed by atoms with Crippen molar-refractivity contribution in [2.45, 2.75) is 12.9 Å². The zero-order valence-corrected chi connectivity index (χ0v) is 3.43. The van der Waals surface area contributed by atoms with Crippen LogP contribution in [0.3, 0.4) is 0 Å². The van der Waals surface area contributed by atoms with Gasteiger partial charge in [0.05, 0.1) is 1.37 Å². The van der Waals surface area contributed by atoms with Crippen molar-refractivity contribution in [2.75, 3.05) is 0 Å². The summed E-state index contributed by atoms with van der Waals surface area (Å²) < 4.78 is 6.56. The molecule has 0 aliphatic carbocycles. The zero-order valence-electron chi connectivity index (χ0n) is 4.43. The van der Waals surface area contributed by atoms with Crippen LogP contribution >= 0.6 is 0 Å². The van der Waals surface area contributed by atoms with E-state index in [1.54, 1.807) is 0 Å². The standard InChI is InChI=1S/C3H7NO2/c1-2(4)3(5)6/h2H,4H2,1H3,(H,5,6)/t2-/m1/s1/i1+1,2D. The van der Waals surface area contributed by atoms with Crippen molar-refractivity contribution in [3.05, 3.63) is 0 Å². The second-order valence-corrected chi connectivity index (χ2v) is 0.988. The molecule has 3 nitrogen and oxygen atoms in total. The highest BCUT2D eigenvalue weighted by Crippen LogP contribution is 1.68. The fourth-order valence-electron chi connectivity index (χ4n) is 0. The van der Waals surface area contributed by atoms with E-state index in [0.717, 1.165) is 6.92 Å². The monoisotopic (exact) mass is 91.1 g/mol. The molecule has 0 unspecified atom stereocenters. The summed E-state index contributed by atoms with van der Waals surface area (Å²) in [5.74, 6) is -1.31. The number of nitrogens with two attached hydrogens (primary N) is 1. The normalized spacial score (nSPS) is 21.3. The van der Waals surface area contributed by atoms with Crippen molar-refractivity contribution in [1.29, 1.82) is 0 Å². The van der Waals surface area contributed by atoms with Gasteiger partial charge in [0.25, 0.3) is 0 Å². The quantitative estimate of drug-likeness (QED) is 0.424. The summed E-state index contributed by atoms with van der Waals surface area (Å²) in [5, 5.41) is 7.94. The van der Waals surface area contributed by atoms with Crippen LogP contribution < -0.4 is 5.73 Å². The van der Waals surface area contributed by atoms with Crippen LogP contribution in [-0.4, -0.2) is 17.1 Å². The lowest BCUT2D eigenvalue weighted by Crippen LogP contribution is -2.25. The Kier molecular flexibility index (Phi) is 1.06. The molecule has 0 saturated heterocycles. The van der Waals surface area contributed by atoms with Gasteiger partial charge in [-0.1, -0.05) is 0 Å². The lowest BCUT2D eigenvalue weighted by atomic mass is 10.5. The molecule has 0 radical (unpaired) electrons. The number of carbonyl (C=O) groups is 1. The molecule has 0 spiro atoms. The molecule has 0 aromatic rings. The summed E-state index contributed by atoms with van der Waals surface area (Å²) >= 11 is 0. The Balaban J connectivity index is 3.79. The Labute approximate surface area is 37.2 Å². The molecule has 1 atom stereocenters. The second-order valence-electron chi connectivity index (χ2n) is 0.988. The molecule has 0 bridgehead atoms. The molecule has 3 heteroatoms. The largest absolute Gasteiger partial charge is 0.480 e. The Morgan fingerprint density at radius 3 is 2.50 bits per heavy atom. The first-order chi connectivity index (χ1) is 2.94. The zero-order chi connectivity index (χ0) is 6.08. The highest BCUT2D eigenvalue weighted by Gasteiger charge is 1.99. The third kappa shape index (κ3) is 1.72. The molecule has 3 N–H and O–H groups in total. The number of carboxylic acid groups (broad SMARTS) is 1. The summed E-state index contributed by atoms with van der Waals surface area (Å²) in [7, 11) is 0. The van der Waals surface area contributed by atoms with E-state index in [1.165, 1.54) is 0 Å². The molecule has 0 saturated carbocycles. The van der Waals surface area contributed by atoms with E-state index in [2.05, 4.69) is 0 Å². The lowest BCUT2D eigenvalue weighted by molar-refractivity contribution is -0.138. The lowest BCUT2D eigenvalue weighted by Gasteiger charge is -1.90. The maximum absolute atomic E-state index is 9.71. The molecule has 0 aliphatic heterocycles. The molecule has 0 rings (SSSR count). The number of aliphatic carboxylic acids is 1. The van der Waals surface area contributed by atoms with Gasteiger partial charge in [0.1, 0.15) is 6.02 Å². The van der Waals surface area contributed by atoms with Gasteiger partial charge in [0.2, 0.25) is 0 Å². The minimum Gasteiger partial charge on any atom is -0.480 e. The molecule has 0 aliphatic rings. The van der Waals surface area contributed by atoms with Crippen LogP contribution in [0, 0.1) is 0 Å². The van der Waals surface area contributed by atoms with E-state index in [1.807, 2.05) is 0 Å². The fourth-order valence-corrected chi connectivity index (χ4v) is 0. The third-order valence-corrected chi connectivity index (χ3v) is 0.337. The van der Waals surface area contributed by atoms with Crippen molar-refractivity contribution >= 4 is 5.97 Å². The number of hydrogen-bond acceptors (Lipinski definition) is 2. The molecule has 0 amide bonds. The molecular weight excluding hydrogens is 83.0 g/mol. The molecule has 0 aromatic carbocycles. The molecule has 36 valence electrons. The Morgan fingerprint density at radius 2 is 2.50 bits per heavy atom.